The highest BCUT2D eigenvalue weighted by molar-refractivity contribution is 5.14. The lowest BCUT2D eigenvalue weighted by Crippen LogP contribution is -2.51. The van der Waals surface area contributed by atoms with Crippen molar-refractivity contribution in [3.05, 3.63) is 35.9 Å². The summed E-state index contributed by atoms with van der Waals surface area (Å²) >= 11 is 0. The lowest BCUT2D eigenvalue weighted by atomic mass is 10.1. The molecule has 128 valence electrons. The molecule has 2 fully saturated rings. The molecule has 0 bridgehead atoms. The fourth-order valence-electron chi connectivity index (χ4n) is 4.11. The summed E-state index contributed by atoms with van der Waals surface area (Å²) in [5.41, 5.74) is 1.48. The zero-order chi connectivity index (χ0) is 16.1. The van der Waals surface area contributed by atoms with E-state index in [1.54, 1.807) is 0 Å². The van der Waals surface area contributed by atoms with Crippen molar-refractivity contribution >= 4 is 0 Å². The Bertz CT molecular complexity index is 453. The Balaban J connectivity index is 1.42. The summed E-state index contributed by atoms with van der Waals surface area (Å²) in [5.74, 6) is 0. The van der Waals surface area contributed by atoms with Crippen LogP contribution in [-0.2, 0) is 6.42 Å². The van der Waals surface area contributed by atoms with Crippen LogP contribution in [0.2, 0.25) is 0 Å². The van der Waals surface area contributed by atoms with Gasteiger partial charge in [-0.15, -0.1) is 0 Å². The van der Waals surface area contributed by atoms with Gasteiger partial charge in [0.05, 0.1) is 0 Å². The molecule has 0 aliphatic carbocycles. The van der Waals surface area contributed by atoms with Gasteiger partial charge in [-0.2, -0.15) is 0 Å². The molecular weight excluding hydrogens is 282 g/mol. The number of benzene rings is 1. The number of nitrogens with zero attached hydrogens (tertiary/aromatic N) is 3. The first kappa shape index (κ1) is 16.9. The number of likely N-dealkylation sites (tertiary alicyclic amines) is 1. The molecule has 0 radical (unpaired) electrons. The largest absolute Gasteiger partial charge is 0.301 e. The quantitative estimate of drug-likeness (QED) is 0.799. The third-order valence-electron chi connectivity index (χ3n) is 5.88. The van der Waals surface area contributed by atoms with Crippen molar-refractivity contribution in [3.8, 4) is 0 Å². The molecule has 3 rings (SSSR count). The Morgan fingerprint density at radius 3 is 2.48 bits per heavy atom. The van der Waals surface area contributed by atoms with Crippen LogP contribution >= 0.6 is 0 Å². The van der Waals surface area contributed by atoms with E-state index in [9.17, 15) is 0 Å². The fraction of sp³-hybridized carbons (Fsp3) is 0.700. The Kier molecular flexibility index (Phi) is 6.09. The maximum absolute atomic E-state index is 2.75. The van der Waals surface area contributed by atoms with Gasteiger partial charge >= 0.3 is 0 Å². The summed E-state index contributed by atoms with van der Waals surface area (Å²) in [7, 11) is 0. The van der Waals surface area contributed by atoms with E-state index >= 15 is 0 Å². The Morgan fingerprint density at radius 1 is 1.04 bits per heavy atom. The number of aryl methyl sites for hydroxylation is 1. The molecule has 2 saturated heterocycles. The van der Waals surface area contributed by atoms with Crippen molar-refractivity contribution in [2.24, 2.45) is 0 Å². The molecule has 1 aromatic rings. The van der Waals surface area contributed by atoms with Gasteiger partial charge in [0, 0.05) is 51.4 Å². The van der Waals surface area contributed by atoms with E-state index in [1.807, 2.05) is 0 Å². The number of hydrogen-bond acceptors (Lipinski definition) is 3. The standard InChI is InChI=1S/C20H33N3/c1-3-21-13-15-22(16-14-21)20-11-12-23(17-20)18(2)9-10-19-7-5-4-6-8-19/h4-8,18,20H,3,9-17H2,1-2H3/t18-,20+/m1/s1. The highest BCUT2D eigenvalue weighted by Crippen LogP contribution is 2.21. The van der Waals surface area contributed by atoms with Gasteiger partial charge < -0.3 is 4.90 Å². The van der Waals surface area contributed by atoms with E-state index in [4.69, 9.17) is 0 Å². The second-order valence-electron chi connectivity index (χ2n) is 7.28. The molecule has 2 aliphatic rings. The summed E-state index contributed by atoms with van der Waals surface area (Å²) in [6, 6.07) is 12.4. The van der Waals surface area contributed by atoms with Crippen LogP contribution in [0.25, 0.3) is 0 Å². The van der Waals surface area contributed by atoms with Crippen molar-refractivity contribution in [2.75, 3.05) is 45.8 Å². The molecule has 3 heteroatoms. The second-order valence-corrected chi connectivity index (χ2v) is 7.28. The van der Waals surface area contributed by atoms with E-state index in [2.05, 4.69) is 58.9 Å². The van der Waals surface area contributed by atoms with Gasteiger partial charge in [-0.05, 0) is 38.3 Å². The van der Waals surface area contributed by atoms with Crippen molar-refractivity contribution in [2.45, 2.75) is 45.2 Å². The summed E-state index contributed by atoms with van der Waals surface area (Å²) in [5, 5.41) is 0. The summed E-state index contributed by atoms with van der Waals surface area (Å²) < 4.78 is 0. The van der Waals surface area contributed by atoms with Crippen LogP contribution in [0.3, 0.4) is 0 Å². The first-order valence-electron chi connectivity index (χ1n) is 9.50. The van der Waals surface area contributed by atoms with Crippen LogP contribution in [0.1, 0.15) is 32.3 Å². The maximum Gasteiger partial charge on any atom is 0.0236 e. The van der Waals surface area contributed by atoms with E-state index < -0.39 is 0 Å². The minimum atomic E-state index is 0.706. The zero-order valence-corrected chi connectivity index (χ0v) is 15.0. The van der Waals surface area contributed by atoms with Crippen molar-refractivity contribution in [1.29, 1.82) is 0 Å². The van der Waals surface area contributed by atoms with Gasteiger partial charge in [0.1, 0.15) is 0 Å². The monoisotopic (exact) mass is 315 g/mol. The maximum atomic E-state index is 2.75. The fourth-order valence-corrected chi connectivity index (χ4v) is 4.11. The number of hydrogen-bond donors (Lipinski definition) is 0. The third-order valence-corrected chi connectivity index (χ3v) is 5.88. The third kappa shape index (κ3) is 4.56. The molecule has 1 aromatic carbocycles. The summed E-state index contributed by atoms with van der Waals surface area (Å²) in [6.45, 7) is 13.5. The van der Waals surface area contributed by atoms with E-state index in [0.29, 0.717) is 6.04 Å². The number of likely N-dealkylation sites (N-methyl/N-ethyl adjacent to an activating group) is 1. The molecule has 2 aliphatic heterocycles. The normalized spacial score (nSPS) is 25.7. The highest BCUT2D eigenvalue weighted by Gasteiger charge is 2.31. The average Bonchev–Trinajstić information content (AvgIpc) is 3.11. The Labute approximate surface area is 142 Å². The van der Waals surface area contributed by atoms with Gasteiger partial charge in [-0.3, -0.25) is 9.80 Å². The van der Waals surface area contributed by atoms with Crippen LogP contribution in [0, 0.1) is 0 Å². The first-order chi connectivity index (χ1) is 11.3. The molecule has 2 atom stereocenters. The lowest BCUT2D eigenvalue weighted by molar-refractivity contribution is 0.0980. The number of piperazine rings is 1. The van der Waals surface area contributed by atoms with E-state index in [-0.39, 0.29) is 0 Å². The van der Waals surface area contributed by atoms with Gasteiger partial charge in [-0.25, -0.2) is 0 Å². The second kappa shape index (κ2) is 8.27. The first-order valence-corrected chi connectivity index (χ1v) is 9.50. The molecule has 2 heterocycles. The van der Waals surface area contributed by atoms with Crippen molar-refractivity contribution < 1.29 is 0 Å². The minimum Gasteiger partial charge on any atom is -0.301 e. The Hall–Kier alpha value is -0.900. The van der Waals surface area contributed by atoms with Crippen LogP contribution < -0.4 is 0 Å². The van der Waals surface area contributed by atoms with Crippen molar-refractivity contribution in [3.63, 3.8) is 0 Å². The van der Waals surface area contributed by atoms with Crippen LogP contribution in [0.4, 0.5) is 0 Å². The lowest BCUT2D eigenvalue weighted by Gasteiger charge is -2.37. The smallest absolute Gasteiger partial charge is 0.0236 e. The molecular formula is C20H33N3. The van der Waals surface area contributed by atoms with Gasteiger partial charge in [0.25, 0.3) is 0 Å². The summed E-state index contributed by atoms with van der Waals surface area (Å²) in [4.78, 5) is 8.04. The Morgan fingerprint density at radius 2 is 1.78 bits per heavy atom. The molecule has 3 nitrogen and oxygen atoms in total. The van der Waals surface area contributed by atoms with Gasteiger partial charge in [-0.1, -0.05) is 37.3 Å². The molecule has 23 heavy (non-hydrogen) atoms. The summed E-state index contributed by atoms with van der Waals surface area (Å²) in [6.07, 6.45) is 3.85. The predicted octanol–water partition coefficient (Wildman–Crippen LogP) is 2.72. The molecule has 0 saturated carbocycles. The minimum absolute atomic E-state index is 0.706. The van der Waals surface area contributed by atoms with Crippen LogP contribution in [-0.4, -0.2) is 72.6 Å². The number of rotatable bonds is 6. The molecule has 0 aromatic heterocycles. The molecule has 0 unspecified atom stereocenters. The molecule has 0 spiro atoms. The SMILES string of the molecule is CCN1CCN([C@H]2CCN([C@H](C)CCc3ccccc3)C2)CC1. The highest BCUT2D eigenvalue weighted by atomic mass is 15.3. The van der Waals surface area contributed by atoms with Gasteiger partial charge in [0.2, 0.25) is 0 Å². The molecule has 0 N–H and O–H groups in total. The van der Waals surface area contributed by atoms with Crippen LogP contribution in [0.15, 0.2) is 30.3 Å². The van der Waals surface area contributed by atoms with E-state index in [0.717, 1.165) is 6.04 Å². The average molecular weight is 316 g/mol. The predicted molar refractivity (Wildman–Crippen MR) is 97.9 cm³/mol. The van der Waals surface area contributed by atoms with Crippen LogP contribution in [0.5, 0.6) is 0 Å². The van der Waals surface area contributed by atoms with E-state index in [1.165, 1.54) is 70.6 Å². The van der Waals surface area contributed by atoms with Crippen molar-refractivity contribution in [1.82, 2.24) is 14.7 Å². The topological polar surface area (TPSA) is 9.72 Å². The molecule has 0 amide bonds. The zero-order valence-electron chi connectivity index (χ0n) is 15.0. The van der Waals surface area contributed by atoms with Gasteiger partial charge in [0.15, 0.2) is 0 Å².